The number of piperidine rings is 1. The first-order valence-corrected chi connectivity index (χ1v) is 11.3. The number of benzene rings is 2. The van der Waals surface area contributed by atoms with E-state index < -0.39 is 15.9 Å². The highest BCUT2D eigenvalue weighted by Crippen LogP contribution is 2.32. The number of sulfonamides is 1. The van der Waals surface area contributed by atoms with Crippen LogP contribution in [0.1, 0.15) is 18.4 Å². The van der Waals surface area contributed by atoms with Gasteiger partial charge in [0.05, 0.1) is 16.5 Å². The predicted octanol–water partition coefficient (Wildman–Crippen LogP) is 1.73. The van der Waals surface area contributed by atoms with Crippen LogP contribution in [0, 0.1) is 5.92 Å². The molecule has 9 heteroatoms. The van der Waals surface area contributed by atoms with E-state index in [-0.39, 0.29) is 29.9 Å². The summed E-state index contributed by atoms with van der Waals surface area (Å²) in [5, 5.41) is 5.53. The van der Waals surface area contributed by atoms with E-state index in [9.17, 15) is 18.0 Å². The molecule has 158 valence electrons. The van der Waals surface area contributed by atoms with Crippen molar-refractivity contribution in [1.29, 1.82) is 0 Å². The largest absolute Gasteiger partial charge is 0.482 e. The molecule has 2 amide bonds. The maximum atomic E-state index is 13.1. The highest BCUT2D eigenvalue weighted by Gasteiger charge is 2.34. The fraction of sp³-hybridized carbons (Fsp3) is 0.333. The molecule has 1 unspecified atom stereocenters. The minimum Gasteiger partial charge on any atom is -0.482 e. The fourth-order valence-corrected chi connectivity index (χ4v) is 5.23. The summed E-state index contributed by atoms with van der Waals surface area (Å²) in [6.07, 6.45) is 1.24. The van der Waals surface area contributed by atoms with E-state index >= 15 is 0 Å². The quantitative estimate of drug-likeness (QED) is 0.753. The fourth-order valence-electron chi connectivity index (χ4n) is 3.68. The van der Waals surface area contributed by atoms with Crippen LogP contribution in [0.3, 0.4) is 0 Å². The first-order chi connectivity index (χ1) is 14.4. The standard InChI is InChI=1S/C21H23N3O5S/c25-20-14-29-19-9-8-17(11-18(19)23-20)30(27,28)24-10-4-7-16(13-24)21(26)22-12-15-5-2-1-3-6-15/h1-3,5-6,8-9,11,16H,4,7,10,12-14H2,(H,22,26)(H,23,25). The second-order valence-corrected chi connectivity index (χ2v) is 9.34. The van der Waals surface area contributed by atoms with Crippen LogP contribution >= 0.6 is 0 Å². The first kappa shape index (κ1) is 20.4. The van der Waals surface area contributed by atoms with Gasteiger partial charge in [-0.2, -0.15) is 4.31 Å². The van der Waals surface area contributed by atoms with Crippen molar-refractivity contribution in [2.45, 2.75) is 24.3 Å². The number of anilines is 1. The molecule has 8 nitrogen and oxygen atoms in total. The van der Waals surface area contributed by atoms with Crippen molar-refractivity contribution in [3.8, 4) is 5.75 Å². The third-order valence-electron chi connectivity index (χ3n) is 5.29. The van der Waals surface area contributed by atoms with E-state index in [4.69, 9.17) is 4.74 Å². The molecule has 1 saturated heterocycles. The molecule has 2 aliphatic rings. The highest BCUT2D eigenvalue weighted by molar-refractivity contribution is 7.89. The summed E-state index contributed by atoms with van der Waals surface area (Å²) in [5.41, 5.74) is 1.32. The van der Waals surface area contributed by atoms with Crippen LogP contribution in [0.15, 0.2) is 53.4 Å². The third-order valence-corrected chi connectivity index (χ3v) is 7.15. The van der Waals surface area contributed by atoms with Gasteiger partial charge >= 0.3 is 0 Å². The van der Waals surface area contributed by atoms with Crippen LogP contribution in [0.4, 0.5) is 5.69 Å². The van der Waals surface area contributed by atoms with Gasteiger partial charge in [-0.05, 0) is 36.6 Å². The topological polar surface area (TPSA) is 105 Å². The molecular formula is C21H23N3O5S. The number of hydrogen-bond donors (Lipinski definition) is 2. The molecule has 0 spiro atoms. The molecule has 2 N–H and O–H groups in total. The predicted molar refractivity (Wildman–Crippen MR) is 110 cm³/mol. The maximum Gasteiger partial charge on any atom is 0.262 e. The lowest BCUT2D eigenvalue weighted by molar-refractivity contribution is -0.126. The molecule has 1 fully saturated rings. The average Bonchev–Trinajstić information content (AvgIpc) is 2.77. The lowest BCUT2D eigenvalue weighted by atomic mass is 9.99. The lowest BCUT2D eigenvalue weighted by Crippen LogP contribution is -2.45. The molecule has 0 bridgehead atoms. The van der Waals surface area contributed by atoms with Crippen molar-refractivity contribution >= 4 is 27.5 Å². The number of nitrogens with one attached hydrogen (secondary N) is 2. The van der Waals surface area contributed by atoms with Gasteiger partial charge in [-0.25, -0.2) is 8.42 Å². The van der Waals surface area contributed by atoms with E-state index in [0.717, 1.165) is 5.56 Å². The van der Waals surface area contributed by atoms with Gasteiger partial charge in [-0.15, -0.1) is 0 Å². The summed E-state index contributed by atoms with van der Waals surface area (Å²) in [4.78, 5) is 24.2. The van der Waals surface area contributed by atoms with E-state index in [1.165, 1.54) is 22.5 Å². The smallest absolute Gasteiger partial charge is 0.262 e. The minimum atomic E-state index is -3.80. The van der Waals surface area contributed by atoms with Crippen LogP contribution in [-0.2, 0) is 26.2 Å². The molecule has 0 aliphatic carbocycles. The van der Waals surface area contributed by atoms with Gasteiger partial charge in [0.2, 0.25) is 15.9 Å². The number of ether oxygens (including phenoxy) is 1. The number of hydrogen-bond acceptors (Lipinski definition) is 5. The molecule has 30 heavy (non-hydrogen) atoms. The second kappa shape index (κ2) is 8.45. The Kier molecular flexibility index (Phi) is 5.74. The first-order valence-electron chi connectivity index (χ1n) is 9.82. The summed E-state index contributed by atoms with van der Waals surface area (Å²) < 4.78 is 32.9. The van der Waals surface area contributed by atoms with Crippen LogP contribution in [-0.4, -0.2) is 44.2 Å². The number of fused-ring (bicyclic) bond motifs is 1. The van der Waals surface area contributed by atoms with Gasteiger partial charge in [-0.1, -0.05) is 30.3 Å². The van der Waals surface area contributed by atoms with Crippen molar-refractivity contribution in [2.24, 2.45) is 5.92 Å². The Morgan fingerprint density at radius 3 is 2.80 bits per heavy atom. The molecule has 2 heterocycles. The van der Waals surface area contributed by atoms with E-state index in [0.29, 0.717) is 37.4 Å². The molecule has 0 aromatic heterocycles. The minimum absolute atomic E-state index is 0.0670. The Morgan fingerprint density at radius 1 is 1.20 bits per heavy atom. The molecule has 0 saturated carbocycles. The van der Waals surface area contributed by atoms with Crippen molar-refractivity contribution < 1.29 is 22.7 Å². The number of nitrogens with zero attached hydrogens (tertiary/aromatic N) is 1. The number of carbonyl (C=O) groups is 2. The summed E-state index contributed by atoms with van der Waals surface area (Å²) in [5.74, 6) is -0.446. The number of amides is 2. The van der Waals surface area contributed by atoms with Crippen molar-refractivity contribution in [2.75, 3.05) is 25.0 Å². The molecular weight excluding hydrogens is 406 g/mol. The normalized spacial score (nSPS) is 19.3. The van der Waals surface area contributed by atoms with Crippen molar-refractivity contribution in [3.63, 3.8) is 0 Å². The van der Waals surface area contributed by atoms with E-state index in [2.05, 4.69) is 10.6 Å². The van der Waals surface area contributed by atoms with Crippen molar-refractivity contribution in [3.05, 3.63) is 54.1 Å². The summed E-state index contributed by atoms with van der Waals surface area (Å²) in [6, 6.07) is 14.0. The van der Waals surface area contributed by atoms with Gasteiger partial charge in [0.15, 0.2) is 6.61 Å². The third kappa shape index (κ3) is 4.31. The molecule has 2 aromatic carbocycles. The van der Waals surface area contributed by atoms with E-state index in [1.54, 1.807) is 0 Å². The van der Waals surface area contributed by atoms with Crippen molar-refractivity contribution in [1.82, 2.24) is 9.62 Å². The highest BCUT2D eigenvalue weighted by atomic mass is 32.2. The Labute approximate surface area is 175 Å². The zero-order valence-electron chi connectivity index (χ0n) is 16.3. The zero-order chi connectivity index (χ0) is 21.1. The molecule has 2 aromatic rings. The zero-order valence-corrected chi connectivity index (χ0v) is 17.2. The summed E-state index contributed by atoms with van der Waals surface area (Å²) in [7, 11) is -3.80. The monoisotopic (exact) mass is 429 g/mol. The van der Waals surface area contributed by atoms with Crippen LogP contribution in [0.5, 0.6) is 5.75 Å². The number of carbonyl (C=O) groups excluding carboxylic acids is 2. The molecule has 4 rings (SSSR count). The second-order valence-electron chi connectivity index (χ2n) is 7.40. The molecule has 1 atom stereocenters. The SMILES string of the molecule is O=C1COc2ccc(S(=O)(=O)N3CCCC(C(=O)NCc4ccccc4)C3)cc2N1. The van der Waals surface area contributed by atoms with Crippen LogP contribution in [0.2, 0.25) is 0 Å². The van der Waals surface area contributed by atoms with Gasteiger partial charge < -0.3 is 15.4 Å². The van der Waals surface area contributed by atoms with E-state index in [1.807, 2.05) is 30.3 Å². The summed E-state index contributed by atoms with van der Waals surface area (Å²) in [6.45, 7) is 0.798. The lowest BCUT2D eigenvalue weighted by Gasteiger charge is -2.31. The maximum absolute atomic E-state index is 13.1. The van der Waals surface area contributed by atoms with Gasteiger partial charge in [-0.3, -0.25) is 9.59 Å². The van der Waals surface area contributed by atoms with Gasteiger partial charge in [0, 0.05) is 19.6 Å². The Balaban J connectivity index is 1.45. The molecule has 2 aliphatic heterocycles. The molecule has 0 radical (unpaired) electrons. The number of rotatable bonds is 5. The van der Waals surface area contributed by atoms with Gasteiger partial charge in [0.1, 0.15) is 5.75 Å². The summed E-state index contributed by atoms with van der Waals surface area (Å²) >= 11 is 0. The Morgan fingerprint density at radius 2 is 2.00 bits per heavy atom. The van der Waals surface area contributed by atoms with Crippen LogP contribution in [0.25, 0.3) is 0 Å². The van der Waals surface area contributed by atoms with Crippen LogP contribution < -0.4 is 15.4 Å². The van der Waals surface area contributed by atoms with Gasteiger partial charge in [0.25, 0.3) is 5.91 Å². The Bertz CT molecular complexity index is 1060. The average molecular weight is 429 g/mol. The Hall–Kier alpha value is -2.91.